The first-order chi connectivity index (χ1) is 7.20. The summed E-state index contributed by atoms with van der Waals surface area (Å²) in [6.45, 7) is 0. The van der Waals surface area contributed by atoms with Crippen molar-refractivity contribution in [1.29, 1.82) is 0 Å². The molecule has 0 N–H and O–H groups in total. The number of rotatable bonds is 2. The average molecular weight is 246 g/mol. The zero-order valence-electron chi connectivity index (χ0n) is 7.51. The molecule has 1 aromatic heterocycles. The van der Waals surface area contributed by atoms with Crippen LogP contribution in [0.15, 0.2) is 28.9 Å². The second-order valence-corrected chi connectivity index (χ2v) is 3.58. The molecule has 0 spiro atoms. The third-order valence-electron chi connectivity index (χ3n) is 1.86. The first-order valence-corrected chi connectivity index (χ1v) is 5.08. The quantitative estimate of drug-likeness (QED) is 0.751. The Balaban J connectivity index is 2.40. The molecule has 0 aliphatic heterocycles. The molecule has 0 fully saturated rings. The molecule has 2 nitrogen and oxygen atoms in total. The first kappa shape index (κ1) is 10.5. The number of hydrogen-bond acceptors (Lipinski definition) is 2. The van der Waals surface area contributed by atoms with E-state index in [1.165, 1.54) is 18.4 Å². The maximum absolute atomic E-state index is 12.9. The molecule has 78 valence electrons. The third-order valence-corrected chi connectivity index (χ3v) is 2.42. The van der Waals surface area contributed by atoms with Crippen LogP contribution in [0.25, 0.3) is 11.5 Å². The topological polar surface area (TPSA) is 26.0 Å². The molecule has 0 unspecified atom stereocenters. The van der Waals surface area contributed by atoms with Crippen LogP contribution >= 0.6 is 23.2 Å². The number of oxazole rings is 1. The molecule has 0 aliphatic rings. The van der Waals surface area contributed by atoms with Crippen molar-refractivity contribution in [2.75, 3.05) is 0 Å². The van der Waals surface area contributed by atoms with E-state index in [2.05, 4.69) is 4.98 Å². The fraction of sp³-hybridized carbons (Fsp3) is 0.100. The van der Waals surface area contributed by atoms with E-state index in [-0.39, 0.29) is 10.9 Å². The smallest absolute Gasteiger partial charge is 0.226 e. The number of halogens is 3. The fourth-order valence-corrected chi connectivity index (χ4v) is 1.43. The minimum Gasteiger partial charge on any atom is -0.444 e. The monoisotopic (exact) mass is 245 g/mol. The molecule has 1 aromatic carbocycles. The van der Waals surface area contributed by atoms with E-state index in [0.29, 0.717) is 17.1 Å². The summed E-state index contributed by atoms with van der Waals surface area (Å²) >= 11 is 11.2. The van der Waals surface area contributed by atoms with Gasteiger partial charge in [0.05, 0.1) is 16.6 Å². The molecular formula is C10H6Cl2FNO. The highest BCUT2D eigenvalue weighted by atomic mass is 35.5. The van der Waals surface area contributed by atoms with Gasteiger partial charge in [0.15, 0.2) is 0 Å². The number of alkyl halides is 1. The van der Waals surface area contributed by atoms with E-state index >= 15 is 0 Å². The van der Waals surface area contributed by atoms with Gasteiger partial charge in [-0.2, -0.15) is 0 Å². The van der Waals surface area contributed by atoms with Gasteiger partial charge in [0.25, 0.3) is 0 Å². The second kappa shape index (κ2) is 4.21. The molecular weight excluding hydrogens is 240 g/mol. The number of aromatic nitrogens is 1. The van der Waals surface area contributed by atoms with Crippen LogP contribution in [0.2, 0.25) is 5.02 Å². The number of nitrogens with zero attached hydrogens (tertiary/aromatic N) is 1. The molecule has 0 radical (unpaired) electrons. The fourth-order valence-electron chi connectivity index (χ4n) is 1.13. The first-order valence-electron chi connectivity index (χ1n) is 4.16. The van der Waals surface area contributed by atoms with Gasteiger partial charge in [-0.1, -0.05) is 11.6 Å². The third kappa shape index (κ3) is 2.13. The van der Waals surface area contributed by atoms with Crippen molar-refractivity contribution < 1.29 is 8.81 Å². The second-order valence-electron chi connectivity index (χ2n) is 2.91. The van der Waals surface area contributed by atoms with Gasteiger partial charge < -0.3 is 4.42 Å². The summed E-state index contributed by atoms with van der Waals surface area (Å²) in [7, 11) is 0. The lowest BCUT2D eigenvalue weighted by atomic mass is 10.2. The van der Waals surface area contributed by atoms with Gasteiger partial charge in [0.2, 0.25) is 5.89 Å². The van der Waals surface area contributed by atoms with E-state index in [1.54, 1.807) is 6.07 Å². The molecule has 0 amide bonds. The van der Waals surface area contributed by atoms with Gasteiger partial charge in [-0.15, -0.1) is 11.6 Å². The predicted molar refractivity (Wildman–Crippen MR) is 56.5 cm³/mol. The number of benzene rings is 1. The number of hydrogen-bond donors (Lipinski definition) is 0. The van der Waals surface area contributed by atoms with Gasteiger partial charge in [-0.3, -0.25) is 0 Å². The van der Waals surface area contributed by atoms with Crippen molar-refractivity contribution in [2.24, 2.45) is 0 Å². The Kier molecular flexibility index (Phi) is 2.93. The molecule has 15 heavy (non-hydrogen) atoms. The molecule has 0 aliphatic carbocycles. The van der Waals surface area contributed by atoms with Crippen LogP contribution < -0.4 is 0 Å². The van der Waals surface area contributed by atoms with Crippen molar-refractivity contribution in [3.05, 3.63) is 41.0 Å². The zero-order valence-corrected chi connectivity index (χ0v) is 9.02. The molecule has 0 bridgehead atoms. The van der Waals surface area contributed by atoms with Crippen molar-refractivity contribution >= 4 is 23.2 Å². The predicted octanol–water partition coefficient (Wildman–Crippen LogP) is 3.87. The van der Waals surface area contributed by atoms with Crippen molar-refractivity contribution in [3.8, 4) is 11.5 Å². The minimum absolute atomic E-state index is 0.0399. The summed E-state index contributed by atoms with van der Waals surface area (Å²) in [6, 6.07) is 4.27. The van der Waals surface area contributed by atoms with Gasteiger partial charge in [0.1, 0.15) is 12.1 Å². The normalized spacial score (nSPS) is 10.6. The molecule has 0 saturated heterocycles. The summed E-state index contributed by atoms with van der Waals surface area (Å²) in [5.74, 6) is 0.190. The Bertz CT molecular complexity index is 484. The lowest BCUT2D eigenvalue weighted by Crippen LogP contribution is -1.82. The van der Waals surface area contributed by atoms with E-state index in [9.17, 15) is 4.39 Å². The van der Waals surface area contributed by atoms with E-state index in [0.717, 1.165) is 0 Å². The maximum Gasteiger partial charge on any atom is 0.226 e. The zero-order chi connectivity index (χ0) is 10.8. The average Bonchev–Trinajstić information content (AvgIpc) is 2.70. The summed E-state index contributed by atoms with van der Waals surface area (Å²) < 4.78 is 18.0. The highest BCUT2D eigenvalue weighted by molar-refractivity contribution is 6.31. The summed E-state index contributed by atoms with van der Waals surface area (Å²) in [4.78, 5) is 4.09. The summed E-state index contributed by atoms with van der Waals surface area (Å²) in [5.41, 5.74) is 1.25. The summed E-state index contributed by atoms with van der Waals surface area (Å²) in [6.07, 6.45) is 1.46. The lowest BCUT2D eigenvalue weighted by Gasteiger charge is -1.97. The van der Waals surface area contributed by atoms with Crippen molar-refractivity contribution in [1.82, 2.24) is 4.98 Å². The van der Waals surface area contributed by atoms with Gasteiger partial charge in [0, 0.05) is 5.56 Å². The van der Waals surface area contributed by atoms with Gasteiger partial charge in [-0.05, 0) is 18.2 Å². The highest BCUT2D eigenvalue weighted by Crippen LogP contribution is 2.24. The Morgan fingerprint density at radius 3 is 2.80 bits per heavy atom. The maximum atomic E-state index is 12.9. The minimum atomic E-state index is -0.468. The van der Waals surface area contributed by atoms with E-state index in [4.69, 9.17) is 27.6 Å². The largest absolute Gasteiger partial charge is 0.444 e. The van der Waals surface area contributed by atoms with E-state index in [1.807, 2.05) is 0 Å². The Hall–Kier alpha value is -1.06. The Labute approximate surface area is 95.6 Å². The van der Waals surface area contributed by atoms with Crippen LogP contribution in [-0.2, 0) is 5.88 Å². The molecule has 2 aromatic rings. The van der Waals surface area contributed by atoms with Crippen LogP contribution in [0.1, 0.15) is 5.69 Å². The van der Waals surface area contributed by atoms with Crippen LogP contribution in [0, 0.1) is 5.82 Å². The van der Waals surface area contributed by atoms with Crippen LogP contribution in [0.3, 0.4) is 0 Å². The molecule has 0 atom stereocenters. The Morgan fingerprint density at radius 2 is 2.20 bits per heavy atom. The lowest BCUT2D eigenvalue weighted by molar-refractivity contribution is 0.572. The van der Waals surface area contributed by atoms with Crippen molar-refractivity contribution in [2.45, 2.75) is 5.88 Å². The summed E-state index contributed by atoms with van der Waals surface area (Å²) in [5, 5.41) is 0.0399. The Morgan fingerprint density at radius 1 is 1.40 bits per heavy atom. The molecule has 1 heterocycles. The molecule has 2 rings (SSSR count). The SMILES string of the molecule is Fc1ccc(-c2nc(CCl)co2)cc1Cl. The molecule has 5 heteroatoms. The van der Waals surface area contributed by atoms with Crippen LogP contribution in [-0.4, -0.2) is 4.98 Å². The van der Waals surface area contributed by atoms with Crippen molar-refractivity contribution in [3.63, 3.8) is 0 Å². The van der Waals surface area contributed by atoms with Gasteiger partial charge in [-0.25, -0.2) is 9.37 Å². The van der Waals surface area contributed by atoms with Gasteiger partial charge >= 0.3 is 0 Å². The standard InChI is InChI=1S/C10H6Cl2FNO/c11-4-7-5-15-10(14-7)6-1-2-9(13)8(12)3-6/h1-3,5H,4H2. The van der Waals surface area contributed by atoms with Crippen LogP contribution in [0.4, 0.5) is 4.39 Å². The molecule has 0 saturated carbocycles. The highest BCUT2D eigenvalue weighted by Gasteiger charge is 2.08. The van der Waals surface area contributed by atoms with E-state index < -0.39 is 5.82 Å². The van der Waals surface area contributed by atoms with Crippen LogP contribution in [0.5, 0.6) is 0 Å².